The fourth-order valence-electron chi connectivity index (χ4n) is 2.39. The zero-order valence-corrected chi connectivity index (χ0v) is 14.4. The SMILES string of the molecule is CCCCCCCCCCCCSc1cc(C)[nH]c(=O)n1. The average Bonchev–Trinajstić information content (AvgIpc) is 2.44. The van der Waals surface area contributed by atoms with Gasteiger partial charge < -0.3 is 4.98 Å². The Labute approximate surface area is 133 Å². The van der Waals surface area contributed by atoms with Gasteiger partial charge in [-0.25, -0.2) is 4.79 Å². The summed E-state index contributed by atoms with van der Waals surface area (Å²) in [7, 11) is 0. The number of hydrogen-bond acceptors (Lipinski definition) is 3. The van der Waals surface area contributed by atoms with Crippen LogP contribution in [0.25, 0.3) is 0 Å². The second-order valence-electron chi connectivity index (χ2n) is 5.74. The highest BCUT2D eigenvalue weighted by Gasteiger charge is 1.99. The van der Waals surface area contributed by atoms with Crippen LogP contribution in [0.3, 0.4) is 0 Å². The molecule has 0 unspecified atom stereocenters. The van der Waals surface area contributed by atoms with Crippen molar-refractivity contribution in [2.24, 2.45) is 0 Å². The van der Waals surface area contributed by atoms with Crippen molar-refractivity contribution < 1.29 is 0 Å². The van der Waals surface area contributed by atoms with E-state index in [1.54, 1.807) is 11.8 Å². The summed E-state index contributed by atoms with van der Waals surface area (Å²) in [5, 5.41) is 0.854. The molecule has 3 nitrogen and oxygen atoms in total. The van der Waals surface area contributed by atoms with E-state index in [-0.39, 0.29) is 5.69 Å². The Morgan fingerprint density at radius 1 is 1.00 bits per heavy atom. The van der Waals surface area contributed by atoms with Gasteiger partial charge in [-0.1, -0.05) is 64.7 Å². The molecule has 120 valence electrons. The molecule has 0 aliphatic rings. The number of nitrogens with one attached hydrogen (secondary N) is 1. The van der Waals surface area contributed by atoms with Crippen molar-refractivity contribution >= 4 is 11.8 Å². The number of aryl methyl sites for hydroxylation is 1. The molecule has 0 radical (unpaired) electrons. The molecule has 0 aliphatic carbocycles. The second kappa shape index (κ2) is 11.8. The molecule has 21 heavy (non-hydrogen) atoms. The highest BCUT2D eigenvalue weighted by Crippen LogP contribution is 2.17. The highest BCUT2D eigenvalue weighted by molar-refractivity contribution is 7.99. The lowest BCUT2D eigenvalue weighted by Gasteiger charge is -2.03. The van der Waals surface area contributed by atoms with Gasteiger partial charge in [-0.3, -0.25) is 0 Å². The van der Waals surface area contributed by atoms with Crippen molar-refractivity contribution in [3.63, 3.8) is 0 Å². The van der Waals surface area contributed by atoms with E-state index in [2.05, 4.69) is 16.9 Å². The largest absolute Gasteiger partial charge is 0.346 e. The molecule has 1 aromatic heterocycles. The van der Waals surface area contributed by atoms with Crippen LogP contribution in [-0.4, -0.2) is 15.7 Å². The van der Waals surface area contributed by atoms with Crippen molar-refractivity contribution in [2.45, 2.75) is 83.1 Å². The number of aromatic nitrogens is 2. The van der Waals surface area contributed by atoms with E-state index in [0.717, 1.165) is 16.5 Å². The Hall–Kier alpha value is -0.770. The maximum Gasteiger partial charge on any atom is 0.346 e. The number of H-pyrrole nitrogens is 1. The van der Waals surface area contributed by atoms with Crippen molar-refractivity contribution in [1.29, 1.82) is 0 Å². The Kier molecular flexibility index (Phi) is 10.3. The van der Waals surface area contributed by atoms with Crippen LogP contribution >= 0.6 is 11.8 Å². The van der Waals surface area contributed by atoms with Gasteiger partial charge in [-0.2, -0.15) is 4.98 Å². The predicted molar refractivity (Wildman–Crippen MR) is 92.2 cm³/mol. The number of unbranched alkanes of at least 4 members (excludes halogenated alkanes) is 9. The first-order chi connectivity index (χ1) is 10.2. The smallest absolute Gasteiger partial charge is 0.310 e. The molecule has 4 heteroatoms. The zero-order valence-electron chi connectivity index (χ0n) is 13.6. The van der Waals surface area contributed by atoms with Crippen LogP contribution in [0, 0.1) is 6.92 Å². The minimum absolute atomic E-state index is 0.236. The lowest BCUT2D eigenvalue weighted by molar-refractivity contribution is 0.563. The van der Waals surface area contributed by atoms with E-state index >= 15 is 0 Å². The predicted octanol–water partition coefficient (Wildman–Crippen LogP) is 5.09. The summed E-state index contributed by atoms with van der Waals surface area (Å²) in [5.41, 5.74) is 0.654. The van der Waals surface area contributed by atoms with E-state index < -0.39 is 0 Å². The minimum Gasteiger partial charge on any atom is -0.310 e. The number of thioether (sulfide) groups is 1. The summed E-state index contributed by atoms with van der Waals surface area (Å²) in [6.45, 7) is 4.16. The van der Waals surface area contributed by atoms with Gasteiger partial charge in [-0.05, 0) is 25.2 Å². The van der Waals surface area contributed by atoms with E-state index in [1.807, 2.05) is 13.0 Å². The first-order valence-corrected chi connectivity index (χ1v) is 9.41. The van der Waals surface area contributed by atoms with Gasteiger partial charge in [0.2, 0.25) is 0 Å². The summed E-state index contributed by atoms with van der Waals surface area (Å²) in [4.78, 5) is 17.9. The van der Waals surface area contributed by atoms with Crippen LogP contribution in [0.15, 0.2) is 15.9 Å². The fourth-order valence-corrected chi connectivity index (χ4v) is 3.36. The van der Waals surface area contributed by atoms with Gasteiger partial charge in [0.15, 0.2) is 0 Å². The maximum absolute atomic E-state index is 11.2. The molecule has 1 N–H and O–H groups in total. The van der Waals surface area contributed by atoms with Gasteiger partial charge in [0, 0.05) is 5.69 Å². The van der Waals surface area contributed by atoms with E-state index in [1.165, 1.54) is 64.2 Å². The van der Waals surface area contributed by atoms with Crippen LogP contribution in [0.5, 0.6) is 0 Å². The molecule has 0 saturated heterocycles. The minimum atomic E-state index is -0.236. The molecule has 1 aromatic rings. The summed E-state index contributed by atoms with van der Waals surface area (Å²) < 4.78 is 0. The Morgan fingerprint density at radius 3 is 2.14 bits per heavy atom. The Morgan fingerprint density at radius 2 is 1.57 bits per heavy atom. The van der Waals surface area contributed by atoms with Gasteiger partial charge in [-0.15, -0.1) is 11.8 Å². The summed E-state index contributed by atoms with van der Waals surface area (Å²) >= 11 is 1.70. The lowest BCUT2D eigenvalue weighted by Crippen LogP contribution is -2.11. The van der Waals surface area contributed by atoms with E-state index in [9.17, 15) is 4.79 Å². The van der Waals surface area contributed by atoms with Gasteiger partial charge in [0.25, 0.3) is 0 Å². The summed E-state index contributed by atoms with van der Waals surface area (Å²) in [6, 6.07) is 1.95. The van der Waals surface area contributed by atoms with Crippen LogP contribution in [0.4, 0.5) is 0 Å². The monoisotopic (exact) mass is 310 g/mol. The van der Waals surface area contributed by atoms with Crippen LogP contribution in [0.1, 0.15) is 76.8 Å². The molecule has 0 atom stereocenters. The van der Waals surface area contributed by atoms with Crippen molar-refractivity contribution in [3.05, 3.63) is 22.2 Å². The fraction of sp³-hybridized carbons (Fsp3) is 0.765. The zero-order chi connectivity index (χ0) is 15.3. The molecule has 0 aliphatic heterocycles. The quantitative estimate of drug-likeness (QED) is 0.332. The molecule has 0 fully saturated rings. The van der Waals surface area contributed by atoms with E-state index in [4.69, 9.17) is 0 Å². The second-order valence-corrected chi connectivity index (χ2v) is 6.85. The first kappa shape index (κ1) is 18.3. The van der Waals surface area contributed by atoms with Crippen LogP contribution in [-0.2, 0) is 0 Å². The standard InChI is InChI=1S/C17H30N2OS/c1-3-4-5-6-7-8-9-10-11-12-13-21-16-14-15(2)18-17(20)19-16/h14H,3-13H2,1-2H3,(H,18,19,20). The summed E-state index contributed by atoms with van der Waals surface area (Å²) in [5.74, 6) is 1.06. The van der Waals surface area contributed by atoms with Crippen LogP contribution in [0.2, 0.25) is 0 Å². The molecular formula is C17H30N2OS. The van der Waals surface area contributed by atoms with Gasteiger partial charge in [0.1, 0.15) is 5.03 Å². The van der Waals surface area contributed by atoms with Crippen LogP contribution < -0.4 is 5.69 Å². The molecule has 0 spiro atoms. The molecular weight excluding hydrogens is 280 g/mol. The summed E-state index contributed by atoms with van der Waals surface area (Å²) in [6.07, 6.45) is 13.6. The number of rotatable bonds is 12. The number of hydrogen-bond donors (Lipinski definition) is 1. The molecule has 0 amide bonds. The number of nitrogens with zero attached hydrogens (tertiary/aromatic N) is 1. The Bertz CT molecular complexity index is 431. The van der Waals surface area contributed by atoms with Gasteiger partial charge in [0.05, 0.1) is 0 Å². The first-order valence-electron chi connectivity index (χ1n) is 8.43. The lowest BCUT2D eigenvalue weighted by atomic mass is 10.1. The molecule has 1 heterocycles. The molecule has 1 rings (SSSR count). The maximum atomic E-state index is 11.2. The molecule has 0 saturated carbocycles. The third-order valence-corrected chi connectivity index (χ3v) is 4.60. The topological polar surface area (TPSA) is 45.8 Å². The van der Waals surface area contributed by atoms with Gasteiger partial charge >= 0.3 is 5.69 Å². The third-order valence-electron chi connectivity index (χ3n) is 3.60. The Balaban J connectivity index is 1.94. The number of aromatic amines is 1. The average molecular weight is 311 g/mol. The normalized spacial score (nSPS) is 11.0. The molecule has 0 aromatic carbocycles. The molecule has 0 bridgehead atoms. The highest BCUT2D eigenvalue weighted by atomic mass is 32.2. The van der Waals surface area contributed by atoms with Crippen molar-refractivity contribution in [1.82, 2.24) is 9.97 Å². The van der Waals surface area contributed by atoms with E-state index in [0.29, 0.717) is 0 Å². The van der Waals surface area contributed by atoms with Crippen molar-refractivity contribution in [2.75, 3.05) is 5.75 Å². The third kappa shape index (κ3) is 9.72. The van der Waals surface area contributed by atoms with Crippen molar-refractivity contribution in [3.8, 4) is 0 Å².